The van der Waals surface area contributed by atoms with E-state index in [9.17, 15) is 4.79 Å². The van der Waals surface area contributed by atoms with Gasteiger partial charge in [-0.25, -0.2) is 0 Å². The Morgan fingerprint density at radius 3 is 2.79 bits per heavy atom. The second-order valence-corrected chi connectivity index (χ2v) is 4.63. The molecule has 0 saturated heterocycles. The molecule has 0 N–H and O–H groups in total. The topological polar surface area (TPSA) is 39.4 Å². The first kappa shape index (κ1) is 13.4. The van der Waals surface area contributed by atoms with Crippen LogP contribution in [0.4, 0.5) is 0 Å². The molecule has 0 atom stereocenters. The number of hydrogen-bond acceptors (Lipinski definition) is 3. The van der Waals surface area contributed by atoms with Gasteiger partial charge in [0, 0.05) is 12.0 Å². The van der Waals surface area contributed by atoms with Gasteiger partial charge in [0.25, 0.3) is 0 Å². The lowest BCUT2D eigenvalue weighted by atomic mass is 10.0. The van der Waals surface area contributed by atoms with E-state index in [2.05, 4.69) is 0 Å². The molecule has 19 heavy (non-hydrogen) atoms. The molecule has 2 aromatic rings. The lowest BCUT2D eigenvalue weighted by molar-refractivity contribution is 0.103. The molecule has 0 bridgehead atoms. The largest absolute Gasteiger partial charge is 0.491 e. The normalized spacial score (nSPS) is 10.7. The fourth-order valence-electron chi connectivity index (χ4n) is 1.96. The second-order valence-electron chi connectivity index (χ2n) is 4.63. The van der Waals surface area contributed by atoms with Crippen molar-refractivity contribution in [1.29, 1.82) is 0 Å². The van der Waals surface area contributed by atoms with Crippen LogP contribution in [0.25, 0.3) is 0 Å². The molecule has 2 rings (SSSR count). The van der Waals surface area contributed by atoms with Crippen LogP contribution in [0.2, 0.25) is 0 Å². The predicted octanol–water partition coefficient (Wildman–Crippen LogP) is 3.86. The minimum Gasteiger partial charge on any atom is -0.491 e. The Kier molecular flexibility index (Phi) is 4.05. The summed E-state index contributed by atoms with van der Waals surface area (Å²) in [6.07, 6.45) is 2.35. The van der Waals surface area contributed by atoms with Gasteiger partial charge in [0.05, 0.1) is 17.9 Å². The zero-order valence-electron chi connectivity index (χ0n) is 11.5. The average molecular weight is 258 g/mol. The molecule has 0 spiro atoms. The van der Waals surface area contributed by atoms with Crippen molar-refractivity contribution in [2.24, 2.45) is 0 Å². The molecule has 0 aliphatic rings. The molecule has 1 aromatic heterocycles. The summed E-state index contributed by atoms with van der Waals surface area (Å²) >= 11 is 0. The first-order valence-electron chi connectivity index (χ1n) is 6.49. The summed E-state index contributed by atoms with van der Waals surface area (Å²) in [6.45, 7) is 5.88. The van der Waals surface area contributed by atoms with Gasteiger partial charge in [0.2, 0.25) is 0 Å². The van der Waals surface area contributed by atoms with Crippen LogP contribution >= 0.6 is 0 Å². The zero-order valence-corrected chi connectivity index (χ0v) is 11.5. The Bertz CT molecular complexity index is 567. The van der Waals surface area contributed by atoms with E-state index >= 15 is 0 Å². The quantitative estimate of drug-likeness (QED) is 0.764. The van der Waals surface area contributed by atoms with Crippen LogP contribution in [0.3, 0.4) is 0 Å². The van der Waals surface area contributed by atoms with Gasteiger partial charge in [-0.2, -0.15) is 0 Å². The van der Waals surface area contributed by atoms with Crippen molar-refractivity contribution < 1.29 is 13.9 Å². The number of benzene rings is 1. The molecule has 3 heteroatoms. The molecule has 100 valence electrons. The number of aryl methyl sites for hydroxylation is 1. The van der Waals surface area contributed by atoms with Crippen LogP contribution in [-0.4, -0.2) is 11.9 Å². The third kappa shape index (κ3) is 3.05. The summed E-state index contributed by atoms with van der Waals surface area (Å²) in [7, 11) is 0. The van der Waals surface area contributed by atoms with Crippen molar-refractivity contribution in [3.05, 3.63) is 53.5 Å². The molecule has 0 radical (unpaired) electrons. The number of ketones is 1. The van der Waals surface area contributed by atoms with Gasteiger partial charge in [-0.15, -0.1) is 0 Å². The van der Waals surface area contributed by atoms with Crippen molar-refractivity contribution >= 4 is 5.78 Å². The standard InChI is InChI=1S/C16H18O3/c1-4-15-14(8-9-18-15)16(17)12-6-5-7-13(10-12)19-11(2)3/h5-11H,4H2,1-3H3. The summed E-state index contributed by atoms with van der Waals surface area (Å²) in [6, 6.07) is 8.97. The van der Waals surface area contributed by atoms with Crippen LogP contribution in [0.1, 0.15) is 42.5 Å². The fraction of sp³-hybridized carbons (Fsp3) is 0.312. The van der Waals surface area contributed by atoms with Crippen LogP contribution < -0.4 is 4.74 Å². The minimum absolute atomic E-state index is 0.0280. The van der Waals surface area contributed by atoms with Crippen LogP contribution in [0.5, 0.6) is 5.75 Å². The van der Waals surface area contributed by atoms with E-state index in [0.29, 0.717) is 23.3 Å². The Balaban J connectivity index is 2.29. The highest BCUT2D eigenvalue weighted by Gasteiger charge is 2.15. The number of hydrogen-bond donors (Lipinski definition) is 0. The van der Waals surface area contributed by atoms with E-state index in [-0.39, 0.29) is 11.9 Å². The predicted molar refractivity (Wildman–Crippen MR) is 73.7 cm³/mol. The molecule has 1 heterocycles. The molecule has 0 aliphatic heterocycles. The molecule has 0 unspecified atom stereocenters. The molecule has 0 fully saturated rings. The van der Waals surface area contributed by atoms with Crippen molar-refractivity contribution in [2.75, 3.05) is 0 Å². The van der Waals surface area contributed by atoms with Gasteiger partial charge in [-0.05, 0) is 32.0 Å². The molecule has 0 saturated carbocycles. The second kappa shape index (κ2) is 5.74. The highest BCUT2D eigenvalue weighted by Crippen LogP contribution is 2.20. The lowest BCUT2D eigenvalue weighted by Crippen LogP contribution is -2.07. The molecule has 0 amide bonds. The van der Waals surface area contributed by atoms with Gasteiger partial charge in [0.15, 0.2) is 5.78 Å². The van der Waals surface area contributed by atoms with Crippen molar-refractivity contribution in [3.63, 3.8) is 0 Å². The highest BCUT2D eigenvalue weighted by atomic mass is 16.5. The monoisotopic (exact) mass is 258 g/mol. The Morgan fingerprint density at radius 2 is 2.11 bits per heavy atom. The third-order valence-corrected chi connectivity index (χ3v) is 2.78. The SMILES string of the molecule is CCc1occc1C(=O)c1cccc(OC(C)C)c1. The van der Waals surface area contributed by atoms with Gasteiger partial charge in [-0.1, -0.05) is 19.1 Å². The zero-order chi connectivity index (χ0) is 13.8. The first-order chi connectivity index (χ1) is 9.11. The molecule has 0 aliphatic carbocycles. The maximum atomic E-state index is 12.4. The maximum absolute atomic E-state index is 12.4. The number of carbonyl (C=O) groups excluding carboxylic acids is 1. The lowest BCUT2D eigenvalue weighted by Gasteiger charge is -2.10. The summed E-state index contributed by atoms with van der Waals surface area (Å²) < 4.78 is 10.9. The summed E-state index contributed by atoms with van der Waals surface area (Å²) in [5.41, 5.74) is 1.25. The van der Waals surface area contributed by atoms with Gasteiger partial charge in [-0.3, -0.25) is 4.79 Å². The van der Waals surface area contributed by atoms with Crippen molar-refractivity contribution in [3.8, 4) is 5.75 Å². The molecular weight excluding hydrogens is 240 g/mol. The number of ether oxygens (including phenoxy) is 1. The summed E-state index contributed by atoms with van der Waals surface area (Å²) in [5, 5.41) is 0. The van der Waals surface area contributed by atoms with E-state index in [1.54, 1.807) is 24.5 Å². The number of rotatable bonds is 5. The van der Waals surface area contributed by atoms with E-state index in [1.807, 2.05) is 32.9 Å². The molecule has 1 aromatic carbocycles. The van der Waals surface area contributed by atoms with Gasteiger partial charge in [0.1, 0.15) is 11.5 Å². The Labute approximate surface area is 113 Å². The van der Waals surface area contributed by atoms with E-state index in [4.69, 9.17) is 9.15 Å². The molecular formula is C16H18O3. The van der Waals surface area contributed by atoms with E-state index in [1.165, 1.54) is 0 Å². The fourth-order valence-corrected chi connectivity index (χ4v) is 1.96. The number of carbonyl (C=O) groups is 1. The summed E-state index contributed by atoms with van der Waals surface area (Å²) in [5.74, 6) is 1.40. The maximum Gasteiger partial charge on any atom is 0.196 e. The van der Waals surface area contributed by atoms with Crippen LogP contribution in [0.15, 0.2) is 41.0 Å². The minimum atomic E-state index is -0.0280. The van der Waals surface area contributed by atoms with Gasteiger partial charge >= 0.3 is 0 Å². The highest BCUT2D eigenvalue weighted by molar-refractivity contribution is 6.09. The first-order valence-corrected chi connectivity index (χ1v) is 6.49. The third-order valence-electron chi connectivity index (χ3n) is 2.78. The van der Waals surface area contributed by atoms with Crippen LogP contribution in [-0.2, 0) is 6.42 Å². The smallest absolute Gasteiger partial charge is 0.196 e. The number of furan rings is 1. The average Bonchev–Trinajstić information content (AvgIpc) is 2.85. The molecule has 3 nitrogen and oxygen atoms in total. The van der Waals surface area contributed by atoms with Crippen molar-refractivity contribution in [1.82, 2.24) is 0 Å². The van der Waals surface area contributed by atoms with Crippen molar-refractivity contribution in [2.45, 2.75) is 33.3 Å². The Morgan fingerprint density at radius 1 is 1.32 bits per heavy atom. The Hall–Kier alpha value is -2.03. The van der Waals surface area contributed by atoms with Gasteiger partial charge < -0.3 is 9.15 Å². The van der Waals surface area contributed by atoms with E-state index < -0.39 is 0 Å². The van der Waals surface area contributed by atoms with E-state index in [0.717, 1.165) is 5.76 Å². The summed E-state index contributed by atoms with van der Waals surface area (Å²) in [4.78, 5) is 12.4. The van der Waals surface area contributed by atoms with Crippen LogP contribution in [0, 0.1) is 0 Å².